The fourth-order valence-electron chi connectivity index (χ4n) is 1.41. The van der Waals surface area contributed by atoms with Crippen LogP contribution in [0.2, 0.25) is 0 Å². The number of rotatable bonds is 3. The number of aromatic nitrogens is 2. The number of anilines is 1. The summed E-state index contributed by atoms with van der Waals surface area (Å²) in [7, 11) is 0. The third kappa shape index (κ3) is 3.45. The molecule has 1 aromatic heterocycles. The van der Waals surface area contributed by atoms with E-state index in [0.29, 0.717) is 10.7 Å². The van der Waals surface area contributed by atoms with Gasteiger partial charge in [0.2, 0.25) is 0 Å². The largest absolute Gasteiger partial charge is 0.383 e. The van der Waals surface area contributed by atoms with Gasteiger partial charge in [-0.2, -0.15) is 0 Å². The van der Waals surface area contributed by atoms with E-state index in [4.69, 9.17) is 5.73 Å². The minimum Gasteiger partial charge on any atom is -0.383 e. The molecule has 98 valence electrons. The number of carbonyl (C=O) groups is 1. The van der Waals surface area contributed by atoms with Crippen LogP contribution in [0.1, 0.15) is 17.3 Å². The topological polar surface area (TPSA) is 88.8 Å². The Bertz CT molecular complexity index is 700. The minimum atomic E-state index is -0.300. The summed E-state index contributed by atoms with van der Waals surface area (Å²) in [5.74, 6) is 0.162. The van der Waals surface area contributed by atoms with E-state index in [2.05, 4.69) is 25.9 Å². The van der Waals surface area contributed by atoms with Gasteiger partial charge in [-0.1, -0.05) is 17.8 Å². The summed E-state index contributed by atoms with van der Waals surface area (Å²) >= 11 is 4.64. The highest BCUT2D eigenvalue weighted by molar-refractivity contribution is 9.10. The van der Waals surface area contributed by atoms with Gasteiger partial charge in [0.1, 0.15) is 5.82 Å². The van der Waals surface area contributed by atoms with Crippen LogP contribution in [0.3, 0.4) is 0 Å². The first kappa shape index (κ1) is 13.8. The molecule has 7 heteroatoms. The zero-order valence-electron chi connectivity index (χ0n) is 9.94. The molecule has 0 bridgehead atoms. The Morgan fingerprint density at radius 3 is 2.74 bits per heavy atom. The molecule has 0 aliphatic carbocycles. The number of ketones is 1. The smallest absolute Gasteiger partial charge is 0.253 e. The van der Waals surface area contributed by atoms with Gasteiger partial charge in [-0.05, 0) is 35.0 Å². The lowest BCUT2D eigenvalue weighted by molar-refractivity contribution is 0.101. The lowest BCUT2D eigenvalue weighted by atomic mass is 10.2. The summed E-state index contributed by atoms with van der Waals surface area (Å²) in [4.78, 5) is 30.0. The van der Waals surface area contributed by atoms with Crippen LogP contribution in [0.15, 0.2) is 43.6 Å². The highest BCUT2D eigenvalue weighted by atomic mass is 79.9. The maximum absolute atomic E-state index is 11.3. The van der Waals surface area contributed by atoms with Gasteiger partial charge in [-0.15, -0.1) is 0 Å². The zero-order chi connectivity index (χ0) is 14.0. The third-order valence-corrected chi connectivity index (χ3v) is 4.17. The summed E-state index contributed by atoms with van der Waals surface area (Å²) in [5, 5.41) is 0.404. The number of nitrogens with zero attached hydrogens (tertiary/aromatic N) is 1. The molecular weight excluding hydrogens is 330 g/mol. The second-order valence-corrected chi connectivity index (χ2v) is 5.66. The molecule has 2 rings (SSSR count). The average Bonchev–Trinajstić information content (AvgIpc) is 2.30. The molecule has 0 saturated carbocycles. The summed E-state index contributed by atoms with van der Waals surface area (Å²) in [6, 6.07) is 6.46. The number of carbonyl (C=O) groups excluding carboxylic acids is 1. The Kier molecular flexibility index (Phi) is 4.06. The van der Waals surface area contributed by atoms with Crippen molar-refractivity contribution in [2.24, 2.45) is 0 Å². The molecule has 0 radical (unpaired) electrons. The van der Waals surface area contributed by atoms with Crippen LogP contribution in [0.4, 0.5) is 5.82 Å². The number of nitrogens with two attached hydrogens (primary N) is 1. The predicted octanol–water partition coefficient (Wildman–Crippen LogP) is 2.47. The molecule has 0 fully saturated rings. The summed E-state index contributed by atoms with van der Waals surface area (Å²) < 4.78 is 0.760. The van der Waals surface area contributed by atoms with E-state index < -0.39 is 0 Å². The summed E-state index contributed by atoms with van der Waals surface area (Å²) in [6.07, 6.45) is 0. The molecule has 19 heavy (non-hydrogen) atoms. The fourth-order valence-corrected chi connectivity index (χ4v) is 2.83. The minimum absolute atomic E-state index is 0.00672. The maximum Gasteiger partial charge on any atom is 0.253 e. The lowest BCUT2D eigenvalue weighted by Gasteiger charge is -2.05. The van der Waals surface area contributed by atoms with Crippen LogP contribution < -0.4 is 11.3 Å². The number of hydrogen-bond acceptors (Lipinski definition) is 5. The van der Waals surface area contributed by atoms with Crippen molar-refractivity contribution in [3.63, 3.8) is 0 Å². The number of halogens is 1. The molecule has 3 N–H and O–H groups in total. The van der Waals surface area contributed by atoms with Gasteiger partial charge in [0.05, 0.1) is 0 Å². The first-order valence-corrected chi connectivity index (χ1v) is 6.92. The van der Waals surface area contributed by atoms with Gasteiger partial charge in [0.15, 0.2) is 10.9 Å². The number of hydrogen-bond donors (Lipinski definition) is 2. The van der Waals surface area contributed by atoms with Crippen molar-refractivity contribution in [3.8, 4) is 0 Å². The van der Waals surface area contributed by atoms with E-state index in [1.165, 1.54) is 24.8 Å². The molecular formula is C12H10BrN3O2S. The van der Waals surface area contributed by atoms with Crippen LogP contribution in [0.5, 0.6) is 0 Å². The van der Waals surface area contributed by atoms with Crippen molar-refractivity contribution in [2.75, 3.05) is 5.73 Å². The van der Waals surface area contributed by atoms with E-state index in [9.17, 15) is 9.59 Å². The first-order valence-electron chi connectivity index (χ1n) is 5.31. The van der Waals surface area contributed by atoms with Gasteiger partial charge >= 0.3 is 0 Å². The molecule has 0 saturated heterocycles. The number of nitrogen functional groups attached to an aromatic ring is 1. The van der Waals surface area contributed by atoms with Gasteiger partial charge in [0.25, 0.3) is 5.56 Å². The number of Topliss-reactive ketones (excluding diaryl/α,β-unsaturated/α-hetero) is 1. The van der Waals surface area contributed by atoms with E-state index in [1.54, 1.807) is 18.2 Å². The number of aromatic amines is 1. The highest BCUT2D eigenvalue weighted by Crippen LogP contribution is 2.32. The summed E-state index contributed by atoms with van der Waals surface area (Å²) in [5.41, 5.74) is 5.83. The number of nitrogens with one attached hydrogen (secondary N) is 1. The van der Waals surface area contributed by atoms with Gasteiger partial charge in [0, 0.05) is 21.0 Å². The number of benzene rings is 1. The molecule has 0 amide bonds. The third-order valence-electron chi connectivity index (χ3n) is 2.28. The van der Waals surface area contributed by atoms with Crippen LogP contribution in [0.25, 0.3) is 0 Å². The van der Waals surface area contributed by atoms with Crippen LogP contribution in [-0.4, -0.2) is 15.8 Å². The SMILES string of the molecule is CC(=O)c1ccc(Sc2nc(N)cc(=O)[nH]2)c(Br)c1. The molecule has 0 atom stereocenters. The molecule has 1 aromatic carbocycles. The van der Waals surface area contributed by atoms with Crippen molar-refractivity contribution >= 4 is 39.3 Å². The monoisotopic (exact) mass is 339 g/mol. The molecule has 0 spiro atoms. The van der Waals surface area contributed by atoms with Crippen LogP contribution in [0, 0.1) is 0 Å². The fraction of sp³-hybridized carbons (Fsp3) is 0.0833. The van der Waals surface area contributed by atoms with E-state index in [0.717, 1.165) is 9.37 Å². The highest BCUT2D eigenvalue weighted by Gasteiger charge is 2.08. The first-order chi connectivity index (χ1) is 8.95. The maximum atomic E-state index is 11.3. The predicted molar refractivity (Wildman–Crippen MR) is 77.5 cm³/mol. The van der Waals surface area contributed by atoms with Gasteiger partial charge in [-0.25, -0.2) is 4.98 Å². The average molecular weight is 340 g/mol. The number of H-pyrrole nitrogens is 1. The second-order valence-electron chi connectivity index (χ2n) is 3.78. The Balaban J connectivity index is 2.33. The van der Waals surface area contributed by atoms with Crippen molar-refractivity contribution in [2.45, 2.75) is 17.0 Å². The molecule has 5 nitrogen and oxygen atoms in total. The molecule has 0 unspecified atom stereocenters. The van der Waals surface area contributed by atoms with Gasteiger partial charge in [-0.3, -0.25) is 9.59 Å². The molecule has 0 aliphatic rings. The van der Waals surface area contributed by atoms with Crippen molar-refractivity contribution in [3.05, 3.63) is 44.7 Å². The Morgan fingerprint density at radius 1 is 1.42 bits per heavy atom. The lowest BCUT2D eigenvalue weighted by Crippen LogP contribution is -2.09. The molecule has 1 heterocycles. The van der Waals surface area contributed by atoms with Gasteiger partial charge < -0.3 is 10.7 Å². The van der Waals surface area contributed by atoms with E-state index >= 15 is 0 Å². The quantitative estimate of drug-likeness (QED) is 0.662. The standard InChI is InChI=1S/C12H10BrN3O2S/c1-6(17)7-2-3-9(8(13)4-7)19-12-15-10(14)5-11(18)16-12/h2-5H,1H3,(H3,14,15,16,18). The zero-order valence-corrected chi connectivity index (χ0v) is 12.3. The Hall–Kier alpha value is -1.60. The Morgan fingerprint density at radius 2 is 2.16 bits per heavy atom. The van der Waals surface area contributed by atoms with Crippen LogP contribution >= 0.6 is 27.7 Å². The molecule has 0 aliphatic heterocycles. The van der Waals surface area contributed by atoms with Crippen LogP contribution in [-0.2, 0) is 0 Å². The Labute approximate surface area is 121 Å². The van der Waals surface area contributed by atoms with Crippen molar-refractivity contribution in [1.82, 2.24) is 9.97 Å². The van der Waals surface area contributed by atoms with E-state index in [-0.39, 0.29) is 17.2 Å². The summed E-state index contributed by atoms with van der Waals surface area (Å²) in [6.45, 7) is 1.51. The normalized spacial score (nSPS) is 10.4. The second kappa shape index (κ2) is 5.58. The van der Waals surface area contributed by atoms with Crippen molar-refractivity contribution in [1.29, 1.82) is 0 Å². The van der Waals surface area contributed by atoms with Crippen molar-refractivity contribution < 1.29 is 4.79 Å². The van der Waals surface area contributed by atoms with E-state index in [1.807, 2.05) is 0 Å². The molecule has 2 aromatic rings.